The van der Waals surface area contributed by atoms with E-state index in [4.69, 9.17) is 9.47 Å². The number of thiophene rings is 1. The first-order valence-corrected chi connectivity index (χ1v) is 11.6. The molecule has 1 N–H and O–H groups in total. The SMILES string of the molecule is CNC(=O)C1CCOC1.COc1ccc2nc(C)nc(SCC(=O)c3cccs3)c2n1. The Morgan fingerprint density at radius 2 is 2.13 bits per heavy atom. The third kappa shape index (κ3) is 6.22. The molecule has 3 aromatic heterocycles. The van der Waals surface area contributed by atoms with Crippen LogP contribution in [0.2, 0.25) is 0 Å². The maximum atomic E-state index is 12.1. The van der Waals surface area contributed by atoms with Crippen LogP contribution >= 0.6 is 23.1 Å². The van der Waals surface area contributed by atoms with Gasteiger partial charge in [-0.2, -0.15) is 0 Å². The number of hydrogen-bond acceptors (Lipinski definition) is 9. The number of methoxy groups -OCH3 is 1. The zero-order valence-corrected chi connectivity index (χ0v) is 19.2. The summed E-state index contributed by atoms with van der Waals surface area (Å²) in [7, 11) is 3.22. The molecule has 0 spiro atoms. The summed E-state index contributed by atoms with van der Waals surface area (Å²) in [5.41, 5.74) is 1.41. The Morgan fingerprint density at radius 1 is 1.29 bits per heavy atom. The summed E-state index contributed by atoms with van der Waals surface area (Å²) in [4.78, 5) is 36.9. The lowest BCUT2D eigenvalue weighted by Crippen LogP contribution is -2.27. The predicted molar refractivity (Wildman–Crippen MR) is 121 cm³/mol. The van der Waals surface area contributed by atoms with Crippen molar-refractivity contribution >= 4 is 45.8 Å². The summed E-state index contributed by atoms with van der Waals surface area (Å²) in [6.07, 6.45) is 0.875. The van der Waals surface area contributed by atoms with Gasteiger partial charge in [-0.05, 0) is 30.9 Å². The van der Waals surface area contributed by atoms with Crippen molar-refractivity contribution in [1.29, 1.82) is 0 Å². The molecule has 1 aliphatic heterocycles. The van der Waals surface area contributed by atoms with Gasteiger partial charge in [0.2, 0.25) is 11.8 Å². The predicted octanol–water partition coefficient (Wildman–Crippen LogP) is 3.15. The number of nitrogens with zero attached hydrogens (tertiary/aromatic N) is 3. The molecule has 1 aliphatic rings. The number of aromatic nitrogens is 3. The summed E-state index contributed by atoms with van der Waals surface area (Å²) >= 11 is 2.83. The van der Waals surface area contributed by atoms with Crippen LogP contribution in [-0.4, -0.2) is 59.8 Å². The van der Waals surface area contributed by atoms with Crippen LogP contribution < -0.4 is 10.1 Å². The number of hydrogen-bond donors (Lipinski definition) is 1. The number of ketones is 1. The second kappa shape index (κ2) is 11.2. The quantitative estimate of drug-likeness (QED) is 0.340. The number of pyridine rings is 1. The van der Waals surface area contributed by atoms with Crippen LogP contribution in [0.5, 0.6) is 5.88 Å². The molecule has 0 saturated carbocycles. The summed E-state index contributed by atoms with van der Waals surface area (Å²) in [6, 6.07) is 7.32. The van der Waals surface area contributed by atoms with Crippen LogP contribution in [0.1, 0.15) is 21.9 Å². The number of aryl methyl sites for hydroxylation is 1. The normalized spacial score (nSPS) is 15.3. The molecule has 31 heavy (non-hydrogen) atoms. The average Bonchev–Trinajstić information content (AvgIpc) is 3.51. The van der Waals surface area contributed by atoms with E-state index < -0.39 is 0 Å². The number of rotatable bonds is 6. The van der Waals surface area contributed by atoms with E-state index in [0.29, 0.717) is 34.6 Å². The minimum atomic E-state index is 0.0901. The molecule has 4 rings (SSSR count). The number of thioether (sulfide) groups is 1. The maximum absolute atomic E-state index is 12.1. The standard InChI is InChI=1S/C15H13N3O2S2.C6H11NO2/c1-9-16-10-5-6-13(20-2)18-14(10)15(17-9)22-8-11(19)12-4-3-7-21-12;1-7-6(8)5-2-3-9-4-5/h3-7H,8H2,1-2H3;5H,2-4H2,1H3,(H,7,8). The van der Waals surface area contributed by atoms with Crippen LogP contribution in [0.15, 0.2) is 34.7 Å². The highest BCUT2D eigenvalue weighted by atomic mass is 32.2. The third-order valence-corrected chi connectivity index (χ3v) is 6.36. The second-order valence-corrected chi connectivity index (χ2v) is 8.57. The molecule has 0 bridgehead atoms. The van der Waals surface area contributed by atoms with E-state index in [1.54, 1.807) is 20.2 Å². The molecule has 3 aromatic rings. The van der Waals surface area contributed by atoms with Crippen LogP contribution in [0, 0.1) is 12.8 Å². The Bertz CT molecular complexity index is 1040. The van der Waals surface area contributed by atoms with Crippen LogP contribution in [0.25, 0.3) is 11.0 Å². The maximum Gasteiger partial charge on any atom is 0.225 e. The monoisotopic (exact) mass is 460 g/mol. The first-order valence-electron chi connectivity index (χ1n) is 9.70. The van der Waals surface area contributed by atoms with Crippen LogP contribution in [0.3, 0.4) is 0 Å². The number of ether oxygens (including phenoxy) is 2. The Labute approximate surface area is 188 Å². The van der Waals surface area contributed by atoms with Gasteiger partial charge in [0.05, 0.1) is 35.8 Å². The number of carbonyl (C=O) groups excluding carboxylic acids is 2. The molecule has 4 heterocycles. The summed E-state index contributed by atoms with van der Waals surface area (Å²) < 4.78 is 10.2. The number of amides is 1. The molecule has 1 unspecified atom stereocenters. The van der Waals surface area contributed by atoms with E-state index in [-0.39, 0.29) is 17.6 Å². The average molecular weight is 461 g/mol. The van der Waals surface area contributed by atoms with Crippen LogP contribution in [0.4, 0.5) is 0 Å². The molecular weight excluding hydrogens is 436 g/mol. The Balaban J connectivity index is 0.000000254. The second-order valence-electron chi connectivity index (χ2n) is 6.66. The number of Topliss-reactive ketones (excluding diaryl/α,β-unsaturated/α-hetero) is 1. The Kier molecular flexibility index (Phi) is 8.33. The van der Waals surface area contributed by atoms with Gasteiger partial charge >= 0.3 is 0 Å². The third-order valence-electron chi connectivity index (χ3n) is 4.49. The molecular formula is C21H24N4O4S2. The molecule has 10 heteroatoms. The first kappa shape index (κ1) is 23.1. The van der Waals surface area contributed by atoms with Gasteiger partial charge in [-0.15, -0.1) is 11.3 Å². The smallest absolute Gasteiger partial charge is 0.225 e. The topological polar surface area (TPSA) is 103 Å². The van der Waals surface area contributed by atoms with Gasteiger partial charge in [-0.25, -0.2) is 15.0 Å². The highest BCUT2D eigenvalue weighted by Crippen LogP contribution is 2.26. The van der Waals surface area contributed by atoms with Crippen molar-refractivity contribution in [3.8, 4) is 5.88 Å². The molecule has 1 atom stereocenters. The van der Waals surface area contributed by atoms with E-state index in [2.05, 4.69) is 20.3 Å². The van der Waals surface area contributed by atoms with Crippen molar-refractivity contribution in [3.63, 3.8) is 0 Å². The molecule has 0 aromatic carbocycles. The minimum Gasteiger partial charge on any atom is -0.481 e. The van der Waals surface area contributed by atoms with Gasteiger partial charge in [-0.1, -0.05) is 17.8 Å². The van der Waals surface area contributed by atoms with E-state index in [0.717, 1.165) is 23.4 Å². The van der Waals surface area contributed by atoms with Gasteiger partial charge in [0.1, 0.15) is 16.4 Å². The fourth-order valence-corrected chi connectivity index (χ4v) is 4.55. The largest absolute Gasteiger partial charge is 0.481 e. The summed E-state index contributed by atoms with van der Waals surface area (Å²) in [6.45, 7) is 3.16. The molecule has 1 fully saturated rings. The van der Waals surface area contributed by atoms with Crippen molar-refractivity contribution in [2.75, 3.05) is 33.1 Å². The minimum absolute atomic E-state index is 0.0901. The van der Waals surface area contributed by atoms with E-state index in [1.807, 2.05) is 30.5 Å². The summed E-state index contributed by atoms with van der Waals surface area (Å²) in [5, 5.41) is 5.19. The van der Waals surface area contributed by atoms with Crippen molar-refractivity contribution in [2.45, 2.75) is 18.4 Å². The highest BCUT2D eigenvalue weighted by Gasteiger charge is 2.21. The lowest BCUT2D eigenvalue weighted by Gasteiger charge is -2.06. The van der Waals surface area contributed by atoms with Crippen molar-refractivity contribution in [2.24, 2.45) is 5.92 Å². The molecule has 0 aliphatic carbocycles. The van der Waals surface area contributed by atoms with E-state index >= 15 is 0 Å². The first-order chi connectivity index (χ1) is 15.0. The van der Waals surface area contributed by atoms with Gasteiger partial charge < -0.3 is 14.8 Å². The number of nitrogens with one attached hydrogen (secondary N) is 1. The van der Waals surface area contributed by atoms with E-state index in [1.165, 1.54) is 23.1 Å². The van der Waals surface area contributed by atoms with Gasteiger partial charge in [-0.3, -0.25) is 9.59 Å². The molecule has 0 radical (unpaired) electrons. The van der Waals surface area contributed by atoms with E-state index in [9.17, 15) is 9.59 Å². The van der Waals surface area contributed by atoms with Gasteiger partial charge in [0, 0.05) is 19.7 Å². The van der Waals surface area contributed by atoms with Gasteiger partial charge in [0.15, 0.2) is 5.78 Å². The molecule has 8 nitrogen and oxygen atoms in total. The zero-order valence-electron chi connectivity index (χ0n) is 17.6. The molecule has 1 amide bonds. The number of carbonyl (C=O) groups is 2. The Hall–Kier alpha value is -2.56. The van der Waals surface area contributed by atoms with Crippen molar-refractivity contribution < 1.29 is 19.1 Å². The highest BCUT2D eigenvalue weighted by molar-refractivity contribution is 8.00. The van der Waals surface area contributed by atoms with Crippen molar-refractivity contribution in [1.82, 2.24) is 20.3 Å². The lowest BCUT2D eigenvalue weighted by atomic mass is 10.1. The van der Waals surface area contributed by atoms with Crippen LogP contribution in [-0.2, 0) is 9.53 Å². The Morgan fingerprint density at radius 3 is 2.77 bits per heavy atom. The lowest BCUT2D eigenvalue weighted by molar-refractivity contribution is -0.124. The van der Waals surface area contributed by atoms with Crippen molar-refractivity contribution in [3.05, 3.63) is 40.3 Å². The van der Waals surface area contributed by atoms with Gasteiger partial charge in [0.25, 0.3) is 0 Å². The molecule has 1 saturated heterocycles. The zero-order chi connectivity index (χ0) is 22.2. The number of fused-ring (bicyclic) bond motifs is 1. The fraction of sp³-hybridized carbons (Fsp3) is 0.381. The summed E-state index contributed by atoms with van der Waals surface area (Å²) in [5.74, 6) is 1.79. The molecule has 164 valence electrons. The fourth-order valence-electron chi connectivity index (χ4n) is 2.88.